The molecule has 0 spiro atoms. The third kappa shape index (κ3) is 9.29. The number of benzene rings is 2. The highest BCUT2D eigenvalue weighted by Crippen LogP contribution is 2.32. The van der Waals surface area contributed by atoms with Crippen LogP contribution >= 0.6 is 0 Å². The van der Waals surface area contributed by atoms with Crippen molar-refractivity contribution in [2.24, 2.45) is 0 Å². The summed E-state index contributed by atoms with van der Waals surface area (Å²) in [4.78, 5) is 47.9. The molecule has 13 nitrogen and oxygen atoms in total. The highest BCUT2D eigenvalue weighted by molar-refractivity contribution is 5.68. The molecule has 1 N–H and O–H groups in total. The van der Waals surface area contributed by atoms with E-state index >= 15 is 0 Å². The summed E-state index contributed by atoms with van der Waals surface area (Å²) in [7, 11) is 0. The SMILES string of the molecule is CC(=O)OC[C@H]1O[C@@H](Oc2n[nH]c(C)c2Cc2ccc(OCc3ccccc3)cc2)[C@H](OC(C)=O)[C@@H](OC(C)=O)[C@@H]1OC(C)=O. The molecule has 1 aromatic heterocycles. The minimum absolute atomic E-state index is 0.137. The second-order valence-corrected chi connectivity index (χ2v) is 10.4. The zero-order valence-corrected chi connectivity index (χ0v) is 25.6. The van der Waals surface area contributed by atoms with Gasteiger partial charge in [0.05, 0.1) is 0 Å². The number of aryl methyl sites for hydroxylation is 1. The molecule has 0 saturated carbocycles. The fourth-order valence-electron chi connectivity index (χ4n) is 4.78. The van der Waals surface area contributed by atoms with Gasteiger partial charge in [0.15, 0.2) is 12.2 Å². The van der Waals surface area contributed by atoms with Crippen LogP contribution in [0, 0.1) is 6.92 Å². The van der Waals surface area contributed by atoms with Crippen LogP contribution < -0.4 is 9.47 Å². The van der Waals surface area contributed by atoms with E-state index in [4.69, 9.17) is 33.2 Å². The number of nitrogens with one attached hydrogen (secondary N) is 1. The summed E-state index contributed by atoms with van der Waals surface area (Å²) in [5.41, 5.74) is 3.37. The number of nitrogens with zero attached hydrogens (tertiary/aromatic N) is 1. The molecule has 1 fully saturated rings. The number of rotatable bonds is 12. The Morgan fingerprint density at radius 3 is 2.02 bits per heavy atom. The molecule has 0 aliphatic carbocycles. The number of esters is 4. The van der Waals surface area contributed by atoms with E-state index in [1.54, 1.807) is 0 Å². The molecule has 2 aromatic carbocycles. The largest absolute Gasteiger partial charge is 0.489 e. The molecule has 0 unspecified atom stereocenters. The van der Waals surface area contributed by atoms with E-state index in [1.165, 1.54) is 6.92 Å². The molecule has 13 heteroatoms. The molecule has 1 aliphatic heterocycles. The number of ether oxygens (including phenoxy) is 7. The van der Waals surface area contributed by atoms with Gasteiger partial charge in [-0.15, -0.1) is 5.10 Å². The van der Waals surface area contributed by atoms with Gasteiger partial charge in [0, 0.05) is 45.4 Å². The Balaban J connectivity index is 1.57. The van der Waals surface area contributed by atoms with E-state index < -0.39 is 54.6 Å². The molecule has 240 valence electrons. The van der Waals surface area contributed by atoms with Crippen molar-refractivity contribution in [3.63, 3.8) is 0 Å². The third-order valence-electron chi connectivity index (χ3n) is 6.76. The van der Waals surface area contributed by atoms with Crippen LogP contribution in [0.3, 0.4) is 0 Å². The molecule has 0 amide bonds. The first-order valence-electron chi connectivity index (χ1n) is 14.3. The zero-order chi connectivity index (χ0) is 32.5. The Labute approximate surface area is 260 Å². The minimum atomic E-state index is -1.40. The van der Waals surface area contributed by atoms with Crippen molar-refractivity contribution >= 4 is 23.9 Å². The number of carbonyl (C=O) groups is 4. The van der Waals surface area contributed by atoms with Gasteiger partial charge >= 0.3 is 23.9 Å². The summed E-state index contributed by atoms with van der Waals surface area (Å²) < 4.78 is 39.6. The molecule has 0 radical (unpaired) electrons. The van der Waals surface area contributed by atoms with Crippen LogP contribution in [0.25, 0.3) is 0 Å². The van der Waals surface area contributed by atoms with Gasteiger partial charge in [0.2, 0.25) is 18.3 Å². The van der Waals surface area contributed by atoms with Gasteiger partial charge in [-0.1, -0.05) is 42.5 Å². The summed E-state index contributed by atoms with van der Waals surface area (Å²) in [6, 6.07) is 17.4. The number of aromatic nitrogens is 2. The summed E-state index contributed by atoms with van der Waals surface area (Å²) in [6.07, 6.45) is -6.18. The van der Waals surface area contributed by atoms with Gasteiger partial charge in [-0.2, -0.15) is 0 Å². The molecule has 0 bridgehead atoms. The van der Waals surface area contributed by atoms with Crippen LogP contribution in [-0.2, 0) is 55.9 Å². The Morgan fingerprint density at radius 1 is 0.778 bits per heavy atom. The van der Waals surface area contributed by atoms with Gasteiger partial charge in [0.1, 0.15) is 25.1 Å². The number of hydrogen-bond donors (Lipinski definition) is 1. The first-order valence-corrected chi connectivity index (χ1v) is 14.3. The van der Waals surface area contributed by atoms with Gasteiger partial charge in [-0.3, -0.25) is 24.3 Å². The van der Waals surface area contributed by atoms with Crippen LogP contribution in [0.15, 0.2) is 54.6 Å². The summed E-state index contributed by atoms with van der Waals surface area (Å²) >= 11 is 0. The maximum Gasteiger partial charge on any atom is 0.303 e. The first kappa shape index (κ1) is 33.0. The van der Waals surface area contributed by atoms with E-state index in [0.29, 0.717) is 30.0 Å². The second kappa shape index (κ2) is 15.2. The number of carbonyl (C=O) groups excluding carboxylic acids is 4. The smallest absolute Gasteiger partial charge is 0.303 e. The lowest BCUT2D eigenvalue weighted by Gasteiger charge is -2.43. The zero-order valence-electron chi connectivity index (χ0n) is 25.6. The van der Waals surface area contributed by atoms with Crippen molar-refractivity contribution in [1.82, 2.24) is 10.2 Å². The topological polar surface area (TPSA) is 162 Å². The van der Waals surface area contributed by atoms with Crippen molar-refractivity contribution in [2.45, 2.75) is 78.4 Å². The summed E-state index contributed by atoms with van der Waals surface area (Å²) in [5.74, 6) is -1.98. The molecule has 3 aromatic rings. The van der Waals surface area contributed by atoms with E-state index in [1.807, 2.05) is 61.5 Å². The van der Waals surface area contributed by atoms with Gasteiger partial charge < -0.3 is 33.2 Å². The lowest BCUT2D eigenvalue weighted by molar-refractivity contribution is -0.289. The number of aromatic amines is 1. The van der Waals surface area contributed by atoms with Gasteiger partial charge in [-0.05, 0) is 30.2 Å². The van der Waals surface area contributed by atoms with Crippen LogP contribution in [0.5, 0.6) is 11.6 Å². The molecule has 5 atom stereocenters. The van der Waals surface area contributed by atoms with Gasteiger partial charge in [0.25, 0.3) is 0 Å². The maximum absolute atomic E-state index is 12.2. The van der Waals surface area contributed by atoms with E-state index in [2.05, 4.69) is 10.2 Å². The normalized spacial score (nSPS) is 20.9. The third-order valence-corrected chi connectivity index (χ3v) is 6.76. The van der Waals surface area contributed by atoms with Crippen LogP contribution in [0.4, 0.5) is 0 Å². The summed E-state index contributed by atoms with van der Waals surface area (Å²) in [6.45, 7) is 6.54. The van der Waals surface area contributed by atoms with Crippen molar-refractivity contribution in [1.29, 1.82) is 0 Å². The molecule has 2 heterocycles. The standard InChI is InChI=1S/C32H36N2O11/c1-18-26(15-23-11-13-25(14-12-23)40-16-24-9-7-6-8-10-24)31(34-33-18)45-32-30(43-22(5)38)29(42-21(4)37)28(41-20(3)36)27(44-32)17-39-19(2)35/h6-14,27-30,32H,15-17H2,1-5H3,(H,33,34)/t27-,28-,29+,30-,32+/m1/s1. The van der Waals surface area contributed by atoms with Crippen LogP contribution in [-0.4, -0.2) is 71.4 Å². The fraction of sp³-hybridized carbons (Fsp3) is 0.406. The van der Waals surface area contributed by atoms with Crippen molar-refractivity contribution < 1.29 is 52.3 Å². The monoisotopic (exact) mass is 624 g/mol. The Hall–Kier alpha value is -4.91. The highest BCUT2D eigenvalue weighted by Gasteiger charge is 2.53. The average molecular weight is 625 g/mol. The number of H-pyrrole nitrogens is 1. The van der Waals surface area contributed by atoms with Crippen molar-refractivity contribution in [3.05, 3.63) is 77.0 Å². The molecule has 1 aliphatic rings. The minimum Gasteiger partial charge on any atom is -0.489 e. The van der Waals surface area contributed by atoms with Crippen molar-refractivity contribution in [2.75, 3.05) is 6.61 Å². The lowest BCUT2D eigenvalue weighted by Crippen LogP contribution is -2.63. The molecule has 1 saturated heterocycles. The predicted octanol–water partition coefficient (Wildman–Crippen LogP) is 3.35. The van der Waals surface area contributed by atoms with E-state index in [0.717, 1.165) is 31.9 Å². The molecule has 4 rings (SSSR count). The van der Waals surface area contributed by atoms with Gasteiger partial charge in [-0.25, -0.2) is 0 Å². The lowest BCUT2D eigenvalue weighted by atomic mass is 9.98. The average Bonchev–Trinajstić information content (AvgIpc) is 3.32. The number of hydrogen-bond acceptors (Lipinski definition) is 12. The van der Waals surface area contributed by atoms with Crippen molar-refractivity contribution in [3.8, 4) is 11.6 Å². The summed E-state index contributed by atoms with van der Waals surface area (Å²) in [5, 5.41) is 7.18. The Kier molecular flexibility index (Phi) is 11.1. The van der Waals surface area contributed by atoms with Crippen LogP contribution in [0.1, 0.15) is 50.1 Å². The highest BCUT2D eigenvalue weighted by atomic mass is 16.7. The van der Waals surface area contributed by atoms with E-state index in [9.17, 15) is 19.2 Å². The Morgan fingerprint density at radius 2 is 1.40 bits per heavy atom. The maximum atomic E-state index is 12.2. The van der Waals surface area contributed by atoms with E-state index in [-0.39, 0.29) is 12.5 Å². The fourth-order valence-corrected chi connectivity index (χ4v) is 4.78. The second-order valence-electron chi connectivity index (χ2n) is 10.4. The van der Waals surface area contributed by atoms with Crippen LogP contribution in [0.2, 0.25) is 0 Å². The first-order chi connectivity index (χ1) is 21.5. The molecular weight excluding hydrogens is 588 g/mol. The quantitative estimate of drug-likeness (QED) is 0.231. The molecular formula is C32H36N2O11. The molecule has 45 heavy (non-hydrogen) atoms. The Bertz CT molecular complexity index is 1470. The predicted molar refractivity (Wildman–Crippen MR) is 156 cm³/mol.